The summed E-state index contributed by atoms with van der Waals surface area (Å²) in [5, 5.41) is 16.1. The molecule has 2 aliphatic rings. The molecule has 5 heteroatoms. The monoisotopic (exact) mass is 732 g/mol. The van der Waals surface area contributed by atoms with Crippen molar-refractivity contribution in [2.45, 2.75) is 257 Å². The van der Waals surface area contributed by atoms with Gasteiger partial charge >= 0.3 is 0 Å². The zero-order chi connectivity index (χ0) is 37.5. The van der Waals surface area contributed by atoms with Gasteiger partial charge in [-0.1, -0.05) is 181 Å². The number of carbonyl (C=O) groups is 1. The lowest BCUT2D eigenvalue weighted by Gasteiger charge is -2.43. The van der Waals surface area contributed by atoms with Crippen molar-refractivity contribution in [3.8, 4) is 0 Å². The Morgan fingerprint density at radius 2 is 1.10 bits per heavy atom. The van der Waals surface area contributed by atoms with E-state index < -0.39 is 6.23 Å². The molecule has 0 bridgehead atoms. The summed E-state index contributed by atoms with van der Waals surface area (Å²) in [6.45, 7) is 9.94. The molecule has 0 spiro atoms. The van der Waals surface area contributed by atoms with Crippen LogP contribution in [0.1, 0.15) is 239 Å². The van der Waals surface area contributed by atoms with Crippen LogP contribution >= 0.6 is 0 Å². The van der Waals surface area contributed by atoms with Crippen LogP contribution in [0.25, 0.3) is 0 Å². The topological polar surface area (TPSA) is 55.8 Å². The van der Waals surface area contributed by atoms with Gasteiger partial charge in [0.2, 0.25) is 5.91 Å². The highest BCUT2D eigenvalue weighted by atomic mass is 16.3. The second-order valence-electron chi connectivity index (χ2n) is 17.7. The van der Waals surface area contributed by atoms with Crippen LogP contribution < -0.4 is 5.32 Å². The van der Waals surface area contributed by atoms with Gasteiger partial charge in [-0.05, 0) is 83.3 Å². The van der Waals surface area contributed by atoms with E-state index in [1.807, 2.05) is 0 Å². The van der Waals surface area contributed by atoms with E-state index in [0.717, 1.165) is 64.6 Å². The van der Waals surface area contributed by atoms with Crippen molar-refractivity contribution in [2.75, 3.05) is 26.7 Å². The number of amides is 1. The number of nitrogens with zero attached hydrogens (tertiary/aromatic N) is 2. The molecule has 4 atom stereocenters. The first-order valence-corrected chi connectivity index (χ1v) is 23.9. The van der Waals surface area contributed by atoms with Crippen molar-refractivity contribution >= 4 is 5.91 Å². The Hall–Kier alpha value is -0.650. The van der Waals surface area contributed by atoms with Gasteiger partial charge < -0.3 is 14.9 Å². The molecule has 1 aliphatic carbocycles. The lowest BCUT2D eigenvalue weighted by atomic mass is 9.86. The van der Waals surface area contributed by atoms with E-state index in [-0.39, 0.29) is 6.04 Å². The molecule has 1 aliphatic heterocycles. The molecule has 0 aromatic rings. The SMILES string of the molecule is CCCCCCCCCCC(=O)N(CC(CCCCCCCC)CCCCCCCCCC)C(C1CCCN(C)CC1)C(O)NC1CCCCCC1. The Bertz CT molecular complexity index is 800. The van der Waals surface area contributed by atoms with Gasteiger partial charge in [0.05, 0.1) is 6.04 Å². The highest BCUT2D eigenvalue weighted by Gasteiger charge is 2.38. The molecule has 2 N–H and O–H groups in total. The summed E-state index contributed by atoms with van der Waals surface area (Å²) >= 11 is 0. The number of rotatable bonds is 32. The zero-order valence-electron chi connectivity index (χ0n) is 35.8. The maximum Gasteiger partial charge on any atom is 0.222 e. The van der Waals surface area contributed by atoms with Gasteiger partial charge in [0.1, 0.15) is 6.23 Å². The van der Waals surface area contributed by atoms with E-state index in [2.05, 4.69) is 42.9 Å². The van der Waals surface area contributed by atoms with E-state index >= 15 is 0 Å². The smallest absolute Gasteiger partial charge is 0.222 e. The average molecular weight is 732 g/mol. The van der Waals surface area contributed by atoms with E-state index in [9.17, 15) is 9.90 Å². The van der Waals surface area contributed by atoms with Crippen molar-refractivity contribution in [2.24, 2.45) is 11.8 Å². The first-order valence-electron chi connectivity index (χ1n) is 23.9. The molecular formula is C47H93N3O2. The number of aliphatic hydroxyl groups excluding tert-OH is 1. The van der Waals surface area contributed by atoms with Crippen molar-refractivity contribution in [3.63, 3.8) is 0 Å². The Kier molecular flexibility index (Phi) is 29.8. The molecular weight excluding hydrogens is 639 g/mol. The predicted octanol–water partition coefficient (Wildman–Crippen LogP) is 13.0. The highest BCUT2D eigenvalue weighted by Crippen LogP contribution is 2.31. The second-order valence-corrected chi connectivity index (χ2v) is 17.7. The highest BCUT2D eigenvalue weighted by molar-refractivity contribution is 5.76. The van der Waals surface area contributed by atoms with Crippen LogP contribution in [0, 0.1) is 11.8 Å². The summed E-state index contributed by atoms with van der Waals surface area (Å²) < 4.78 is 0. The Morgan fingerprint density at radius 3 is 1.62 bits per heavy atom. The third-order valence-electron chi connectivity index (χ3n) is 12.9. The van der Waals surface area contributed by atoms with Crippen LogP contribution in [0.4, 0.5) is 0 Å². The van der Waals surface area contributed by atoms with Crippen LogP contribution in [-0.4, -0.2) is 65.8 Å². The second kappa shape index (κ2) is 32.6. The molecule has 1 saturated heterocycles. The van der Waals surface area contributed by atoms with E-state index in [1.165, 1.54) is 167 Å². The first kappa shape index (κ1) is 47.5. The molecule has 5 nitrogen and oxygen atoms in total. The maximum atomic E-state index is 14.7. The van der Waals surface area contributed by atoms with Gasteiger partial charge in [-0.3, -0.25) is 10.1 Å². The fraction of sp³-hybridized carbons (Fsp3) is 0.979. The summed E-state index contributed by atoms with van der Waals surface area (Å²) in [7, 11) is 2.25. The molecule has 52 heavy (non-hydrogen) atoms. The lowest BCUT2D eigenvalue weighted by molar-refractivity contribution is -0.141. The van der Waals surface area contributed by atoms with Gasteiger partial charge in [0.25, 0.3) is 0 Å². The average Bonchev–Trinajstić information content (AvgIpc) is 3.53. The zero-order valence-corrected chi connectivity index (χ0v) is 35.8. The fourth-order valence-electron chi connectivity index (χ4n) is 9.40. The minimum absolute atomic E-state index is 0.123. The number of carbonyl (C=O) groups excluding carboxylic acids is 1. The molecule has 1 heterocycles. The molecule has 2 rings (SSSR count). The van der Waals surface area contributed by atoms with E-state index in [0.29, 0.717) is 30.2 Å². The van der Waals surface area contributed by atoms with Gasteiger partial charge in [-0.2, -0.15) is 0 Å². The number of hydrogen-bond donors (Lipinski definition) is 2. The van der Waals surface area contributed by atoms with E-state index in [4.69, 9.17) is 0 Å². The molecule has 0 aromatic heterocycles. The van der Waals surface area contributed by atoms with Crippen molar-refractivity contribution in [3.05, 3.63) is 0 Å². The van der Waals surface area contributed by atoms with Gasteiger partial charge in [0, 0.05) is 19.0 Å². The number of nitrogens with one attached hydrogen (secondary N) is 1. The summed E-state index contributed by atoms with van der Waals surface area (Å²) in [5.41, 5.74) is 0. The molecule has 1 amide bonds. The standard InChI is InChI=1S/C47H93N3O2/c1-5-8-11-14-17-19-22-27-33-42(32-26-21-16-13-10-7-3)41-50(45(51)37-30-23-20-18-15-12-9-6-2)46(43-34-31-39-49(4)40-38-43)47(52)48-44-35-28-24-25-29-36-44/h42-44,46-48,52H,5-41H2,1-4H3. The number of hydrogen-bond acceptors (Lipinski definition) is 4. The maximum absolute atomic E-state index is 14.7. The van der Waals surface area contributed by atoms with Crippen LogP contribution in [0.5, 0.6) is 0 Å². The van der Waals surface area contributed by atoms with Gasteiger partial charge in [0.15, 0.2) is 0 Å². The van der Waals surface area contributed by atoms with Crippen molar-refractivity contribution in [1.82, 2.24) is 15.1 Å². The van der Waals surface area contributed by atoms with E-state index in [1.54, 1.807) is 0 Å². The number of aliphatic hydroxyl groups is 1. The van der Waals surface area contributed by atoms with Gasteiger partial charge in [-0.15, -0.1) is 0 Å². The normalized spacial score (nSPS) is 19.6. The Morgan fingerprint density at radius 1 is 0.615 bits per heavy atom. The minimum Gasteiger partial charge on any atom is -0.376 e. The summed E-state index contributed by atoms with van der Waals surface area (Å²) in [4.78, 5) is 19.5. The largest absolute Gasteiger partial charge is 0.376 e. The van der Waals surface area contributed by atoms with Crippen LogP contribution in [-0.2, 0) is 4.79 Å². The molecule has 4 unspecified atom stereocenters. The molecule has 0 radical (unpaired) electrons. The lowest BCUT2D eigenvalue weighted by Crippen LogP contribution is -2.58. The molecule has 1 saturated carbocycles. The fourth-order valence-corrected chi connectivity index (χ4v) is 9.40. The van der Waals surface area contributed by atoms with Crippen LogP contribution in [0.2, 0.25) is 0 Å². The van der Waals surface area contributed by atoms with Crippen LogP contribution in [0.15, 0.2) is 0 Å². The summed E-state index contributed by atoms with van der Waals surface area (Å²) in [6.07, 6.45) is 42.1. The van der Waals surface area contributed by atoms with Crippen molar-refractivity contribution in [1.29, 1.82) is 0 Å². The summed E-state index contributed by atoms with van der Waals surface area (Å²) in [6, 6.07) is 0.247. The number of likely N-dealkylation sites (tertiary alicyclic amines) is 1. The third-order valence-corrected chi connectivity index (χ3v) is 12.9. The minimum atomic E-state index is -0.642. The number of unbranched alkanes of at least 4 members (excludes halogenated alkanes) is 19. The van der Waals surface area contributed by atoms with Gasteiger partial charge in [-0.25, -0.2) is 0 Å². The molecule has 2 fully saturated rings. The third kappa shape index (κ3) is 22.7. The Labute approximate surface area is 326 Å². The predicted molar refractivity (Wildman–Crippen MR) is 227 cm³/mol. The first-order chi connectivity index (χ1) is 25.5. The Balaban J connectivity index is 2.25. The van der Waals surface area contributed by atoms with Crippen molar-refractivity contribution < 1.29 is 9.90 Å². The van der Waals surface area contributed by atoms with Crippen LogP contribution in [0.3, 0.4) is 0 Å². The molecule has 308 valence electrons. The summed E-state index contributed by atoms with van der Waals surface area (Å²) in [5.74, 6) is 1.22. The molecule has 0 aromatic carbocycles. The quantitative estimate of drug-likeness (QED) is 0.0411.